The lowest BCUT2D eigenvalue weighted by Gasteiger charge is -2.12. The molecule has 2 aromatic rings. The van der Waals surface area contributed by atoms with E-state index in [9.17, 15) is 4.39 Å². The van der Waals surface area contributed by atoms with Crippen molar-refractivity contribution in [3.63, 3.8) is 0 Å². The van der Waals surface area contributed by atoms with Crippen molar-refractivity contribution in [2.75, 3.05) is 14.2 Å². The van der Waals surface area contributed by atoms with Crippen molar-refractivity contribution >= 4 is 11.3 Å². The zero-order valence-electron chi connectivity index (χ0n) is 10.9. The average Bonchev–Trinajstić information content (AvgIpc) is 2.87. The Bertz CT molecular complexity index is 556. The molecule has 0 aliphatic rings. The van der Waals surface area contributed by atoms with Gasteiger partial charge in [0.2, 0.25) is 0 Å². The van der Waals surface area contributed by atoms with Crippen LogP contribution in [0.1, 0.15) is 16.5 Å². The van der Waals surface area contributed by atoms with E-state index in [0.29, 0.717) is 6.42 Å². The molecule has 0 saturated heterocycles. The molecule has 0 amide bonds. The lowest BCUT2D eigenvalue weighted by Crippen LogP contribution is -2.13. The minimum absolute atomic E-state index is 0.206. The van der Waals surface area contributed by atoms with Crippen LogP contribution in [0.4, 0.5) is 4.39 Å². The maximum absolute atomic E-state index is 13.6. The van der Waals surface area contributed by atoms with Gasteiger partial charge in [0.05, 0.1) is 19.1 Å². The molecule has 0 aliphatic carbocycles. The van der Waals surface area contributed by atoms with Crippen molar-refractivity contribution in [3.8, 4) is 11.5 Å². The minimum Gasteiger partial charge on any atom is -0.496 e. The number of hydrogen-bond donors (Lipinski definition) is 1. The Morgan fingerprint density at radius 1 is 1.21 bits per heavy atom. The summed E-state index contributed by atoms with van der Waals surface area (Å²) < 4.78 is 23.7. The number of halogens is 1. The van der Waals surface area contributed by atoms with E-state index in [4.69, 9.17) is 15.2 Å². The highest BCUT2D eigenvalue weighted by atomic mass is 32.1. The Morgan fingerprint density at radius 2 is 1.95 bits per heavy atom. The summed E-state index contributed by atoms with van der Waals surface area (Å²) in [5, 5.41) is 1.93. The van der Waals surface area contributed by atoms with Crippen LogP contribution in [-0.4, -0.2) is 14.2 Å². The first kappa shape index (κ1) is 13.8. The lowest BCUT2D eigenvalue weighted by molar-refractivity contribution is 0.386. The summed E-state index contributed by atoms with van der Waals surface area (Å²) in [7, 11) is 3.06. The zero-order valence-corrected chi connectivity index (χ0v) is 11.7. The molecule has 102 valence electrons. The maximum atomic E-state index is 13.6. The van der Waals surface area contributed by atoms with Crippen LogP contribution in [0.15, 0.2) is 29.6 Å². The fourth-order valence-electron chi connectivity index (χ4n) is 1.93. The van der Waals surface area contributed by atoms with Gasteiger partial charge in [0.15, 0.2) is 11.6 Å². The van der Waals surface area contributed by atoms with E-state index in [1.807, 2.05) is 17.5 Å². The summed E-state index contributed by atoms with van der Waals surface area (Å²) in [6.07, 6.45) is 0.553. The Balaban J connectivity index is 2.15. The fourth-order valence-corrected chi connectivity index (χ4v) is 2.80. The summed E-state index contributed by atoms with van der Waals surface area (Å²) in [6.45, 7) is 0. The molecule has 1 aromatic heterocycles. The van der Waals surface area contributed by atoms with Gasteiger partial charge in [-0.15, -0.1) is 11.3 Å². The van der Waals surface area contributed by atoms with Gasteiger partial charge in [-0.3, -0.25) is 0 Å². The van der Waals surface area contributed by atoms with E-state index in [1.165, 1.54) is 13.2 Å². The number of rotatable bonds is 5. The molecule has 2 rings (SSSR count). The van der Waals surface area contributed by atoms with E-state index in [-0.39, 0.29) is 17.6 Å². The van der Waals surface area contributed by atoms with Crippen LogP contribution >= 0.6 is 11.3 Å². The van der Waals surface area contributed by atoms with Crippen molar-refractivity contribution in [2.24, 2.45) is 5.73 Å². The van der Waals surface area contributed by atoms with Gasteiger partial charge in [0.1, 0.15) is 5.75 Å². The number of thiophene rings is 1. The Kier molecular flexibility index (Phi) is 4.39. The Labute approximate surface area is 115 Å². The van der Waals surface area contributed by atoms with Crippen LogP contribution in [0.3, 0.4) is 0 Å². The Hall–Kier alpha value is -1.59. The molecule has 1 heterocycles. The van der Waals surface area contributed by atoms with Crippen LogP contribution in [-0.2, 0) is 6.42 Å². The van der Waals surface area contributed by atoms with Gasteiger partial charge >= 0.3 is 0 Å². The summed E-state index contributed by atoms with van der Waals surface area (Å²) in [6, 6.07) is 6.57. The molecule has 19 heavy (non-hydrogen) atoms. The van der Waals surface area contributed by atoms with Crippen LogP contribution in [0, 0.1) is 5.82 Å². The smallest absolute Gasteiger partial charge is 0.165 e. The molecule has 5 heteroatoms. The standard InChI is InChI=1S/C14H16FNO2S/c1-17-12-4-3-9(7-10(12)15)8-11(16)14-13(18-2)5-6-19-14/h3-7,11H,8,16H2,1-2H3. The molecule has 0 bridgehead atoms. The Morgan fingerprint density at radius 3 is 2.58 bits per heavy atom. The molecular weight excluding hydrogens is 265 g/mol. The van der Waals surface area contributed by atoms with Crippen molar-refractivity contribution in [1.82, 2.24) is 0 Å². The molecule has 0 fully saturated rings. The highest BCUT2D eigenvalue weighted by Crippen LogP contribution is 2.31. The highest BCUT2D eigenvalue weighted by molar-refractivity contribution is 7.10. The molecule has 0 aliphatic heterocycles. The van der Waals surface area contributed by atoms with Crippen LogP contribution < -0.4 is 15.2 Å². The minimum atomic E-state index is -0.370. The van der Waals surface area contributed by atoms with Gasteiger partial charge in [0, 0.05) is 6.04 Å². The predicted molar refractivity (Wildman–Crippen MR) is 74.5 cm³/mol. The maximum Gasteiger partial charge on any atom is 0.165 e. The molecule has 1 unspecified atom stereocenters. The molecule has 1 atom stereocenters. The molecular formula is C14H16FNO2S. The number of ether oxygens (including phenoxy) is 2. The molecule has 0 saturated carbocycles. The van der Waals surface area contributed by atoms with Gasteiger partial charge in [-0.1, -0.05) is 6.07 Å². The molecule has 0 radical (unpaired) electrons. The van der Waals surface area contributed by atoms with E-state index in [1.54, 1.807) is 24.5 Å². The van der Waals surface area contributed by atoms with Gasteiger partial charge in [0.25, 0.3) is 0 Å². The van der Waals surface area contributed by atoms with Gasteiger partial charge in [-0.2, -0.15) is 0 Å². The average molecular weight is 281 g/mol. The van der Waals surface area contributed by atoms with Crippen LogP contribution in [0.2, 0.25) is 0 Å². The van der Waals surface area contributed by atoms with Crippen molar-refractivity contribution < 1.29 is 13.9 Å². The second kappa shape index (κ2) is 6.04. The van der Waals surface area contributed by atoms with Gasteiger partial charge in [-0.25, -0.2) is 4.39 Å². The summed E-state index contributed by atoms with van der Waals surface area (Å²) >= 11 is 1.54. The fraction of sp³-hybridized carbons (Fsp3) is 0.286. The molecule has 0 spiro atoms. The predicted octanol–water partition coefficient (Wildman–Crippen LogP) is 3.15. The first-order chi connectivity index (χ1) is 9.15. The molecule has 1 aromatic carbocycles. The largest absolute Gasteiger partial charge is 0.496 e. The monoisotopic (exact) mass is 281 g/mol. The van der Waals surface area contributed by atoms with Crippen molar-refractivity contribution in [2.45, 2.75) is 12.5 Å². The number of nitrogens with two attached hydrogens (primary N) is 1. The van der Waals surface area contributed by atoms with E-state index < -0.39 is 0 Å². The first-order valence-corrected chi connectivity index (χ1v) is 6.73. The SMILES string of the molecule is COc1ccc(CC(N)c2sccc2OC)cc1F. The topological polar surface area (TPSA) is 44.5 Å². The summed E-state index contributed by atoms with van der Waals surface area (Å²) in [5.74, 6) is 0.655. The van der Waals surface area contributed by atoms with E-state index in [2.05, 4.69) is 0 Å². The van der Waals surface area contributed by atoms with Crippen molar-refractivity contribution in [3.05, 3.63) is 45.9 Å². The van der Waals surface area contributed by atoms with Gasteiger partial charge < -0.3 is 15.2 Å². The van der Waals surface area contributed by atoms with Crippen LogP contribution in [0.5, 0.6) is 11.5 Å². The highest BCUT2D eigenvalue weighted by Gasteiger charge is 2.15. The second-order valence-electron chi connectivity index (χ2n) is 4.13. The third kappa shape index (κ3) is 3.05. The normalized spacial score (nSPS) is 12.2. The molecule has 2 N–H and O–H groups in total. The van der Waals surface area contributed by atoms with Gasteiger partial charge in [-0.05, 0) is 35.6 Å². The number of methoxy groups -OCH3 is 2. The first-order valence-electron chi connectivity index (χ1n) is 5.85. The number of hydrogen-bond acceptors (Lipinski definition) is 4. The third-order valence-corrected chi connectivity index (χ3v) is 3.92. The number of benzene rings is 1. The van der Waals surface area contributed by atoms with Crippen molar-refractivity contribution in [1.29, 1.82) is 0 Å². The lowest BCUT2D eigenvalue weighted by atomic mass is 10.0. The van der Waals surface area contributed by atoms with Crippen LogP contribution in [0.25, 0.3) is 0 Å². The summed E-state index contributed by atoms with van der Waals surface area (Å²) in [5.41, 5.74) is 6.98. The molecule has 3 nitrogen and oxygen atoms in total. The second-order valence-corrected chi connectivity index (χ2v) is 5.08. The summed E-state index contributed by atoms with van der Waals surface area (Å²) in [4.78, 5) is 0.971. The van der Waals surface area contributed by atoms with E-state index >= 15 is 0 Å². The zero-order chi connectivity index (χ0) is 13.8. The third-order valence-electron chi connectivity index (χ3n) is 2.89. The van der Waals surface area contributed by atoms with E-state index in [0.717, 1.165) is 16.2 Å². The quantitative estimate of drug-likeness (QED) is 0.915.